The van der Waals surface area contributed by atoms with E-state index in [-0.39, 0.29) is 5.91 Å². The number of benzene rings is 1. The molecule has 0 radical (unpaired) electrons. The van der Waals surface area contributed by atoms with Crippen molar-refractivity contribution in [2.45, 2.75) is 26.3 Å². The molecule has 100 valence electrons. The third-order valence-corrected chi connectivity index (χ3v) is 2.56. The summed E-state index contributed by atoms with van der Waals surface area (Å²) < 4.78 is 1.59. The summed E-state index contributed by atoms with van der Waals surface area (Å²) in [4.78, 5) is 11.8. The SMILES string of the molecule is Cc1nnnn1-c1cccc(NC(=O)C(C)(C)N)c1. The molecule has 0 unspecified atom stereocenters. The smallest absolute Gasteiger partial charge is 0.243 e. The maximum atomic E-state index is 11.8. The molecule has 7 nitrogen and oxygen atoms in total. The summed E-state index contributed by atoms with van der Waals surface area (Å²) in [7, 11) is 0. The van der Waals surface area contributed by atoms with E-state index >= 15 is 0 Å². The van der Waals surface area contributed by atoms with Crippen molar-refractivity contribution in [3.8, 4) is 5.69 Å². The zero-order chi connectivity index (χ0) is 14.0. The molecule has 0 saturated carbocycles. The molecule has 1 aromatic heterocycles. The third kappa shape index (κ3) is 2.94. The number of tetrazole rings is 1. The summed E-state index contributed by atoms with van der Waals surface area (Å²) in [6, 6.07) is 7.24. The van der Waals surface area contributed by atoms with E-state index in [4.69, 9.17) is 5.73 Å². The van der Waals surface area contributed by atoms with E-state index in [0.29, 0.717) is 11.5 Å². The third-order valence-electron chi connectivity index (χ3n) is 2.56. The first-order chi connectivity index (χ1) is 8.88. The number of carbonyl (C=O) groups excluding carboxylic acids is 1. The molecule has 0 aliphatic carbocycles. The molecule has 0 atom stereocenters. The highest BCUT2D eigenvalue weighted by Crippen LogP contribution is 2.15. The zero-order valence-corrected chi connectivity index (χ0v) is 11.1. The van der Waals surface area contributed by atoms with Crippen molar-refractivity contribution in [2.75, 3.05) is 5.32 Å². The average molecular weight is 260 g/mol. The number of amides is 1. The van der Waals surface area contributed by atoms with Gasteiger partial charge in [-0.1, -0.05) is 6.07 Å². The molecule has 19 heavy (non-hydrogen) atoms. The summed E-state index contributed by atoms with van der Waals surface area (Å²) in [6.07, 6.45) is 0. The standard InChI is InChI=1S/C12H16N6O/c1-8-15-16-17-18(8)10-6-4-5-9(7-10)14-11(19)12(2,3)13/h4-7H,13H2,1-3H3,(H,14,19). The molecule has 0 spiro atoms. The Balaban J connectivity index is 2.26. The van der Waals surface area contributed by atoms with E-state index in [2.05, 4.69) is 20.8 Å². The minimum atomic E-state index is -0.930. The quantitative estimate of drug-likeness (QED) is 0.844. The van der Waals surface area contributed by atoms with Gasteiger partial charge in [0, 0.05) is 5.69 Å². The van der Waals surface area contributed by atoms with Crippen LogP contribution in [0.1, 0.15) is 19.7 Å². The number of hydrogen-bond donors (Lipinski definition) is 2. The van der Waals surface area contributed by atoms with Crippen LogP contribution in [-0.2, 0) is 4.79 Å². The summed E-state index contributed by atoms with van der Waals surface area (Å²) >= 11 is 0. The Morgan fingerprint density at radius 1 is 1.42 bits per heavy atom. The Labute approximate surface area is 110 Å². The van der Waals surface area contributed by atoms with Gasteiger partial charge in [0.2, 0.25) is 5.91 Å². The second-order valence-electron chi connectivity index (χ2n) is 4.86. The van der Waals surface area contributed by atoms with Crippen molar-refractivity contribution in [1.29, 1.82) is 0 Å². The van der Waals surface area contributed by atoms with E-state index in [1.165, 1.54) is 0 Å². The Bertz CT molecular complexity index is 598. The van der Waals surface area contributed by atoms with Gasteiger partial charge in [-0.3, -0.25) is 4.79 Å². The normalized spacial score (nSPS) is 11.4. The maximum absolute atomic E-state index is 11.8. The lowest BCUT2D eigenvalue weighted by atomic mass is 10.1. The van der Waals surface area contributed by atoms with Crippen molar-refractivity contribution in [3.05, 3.63) is 30.1 Å². The Morgan fingerprint density at radius 3 is 2.74 bits per heavy atom. The van der Waals surface area contributed by atoms with Crippen LogP contribution >= 0.6 is 0 Å². The van der Waals surface area contributed by atoms with Crippen molar-refractivity contribution < 1.29 is 4.79 Å². The van der Waals surface area contributed by atoms with Crippen molar-refractivity contribution >= 4 is 11.6 Å². The lowest BCUT2D eigenvalue weighted by Gasteiger charge is -2.18. The van der Waals surface area contributed by atoms with Gasteiger partial charge >= 0.3 is 0 Å². The van der Waals surface area contributed by atoms with Gasteiger partial charge < -0.3 is 11.1 Å². The van der Waals surface area contributed by atoms with Crippen LogP contribution in [0.3, 0.4) is 0 Å². The van der Waals surface area contributed by atoms with E-state index in [0.717, 1.165) is 5.69 Å². The van der Waals surface area contributed by atoms with Crippen LogP contribution in [-0.4, -0.2) is 31.7 Å². The molecule has 7 heteroatoms. The van der Waals surface area contributed by atoms with Gasteiger partial charge in [0.1, 0.15) is 0 Å². The van der Waals surface area contributed by atoms with Crippen LogP contribution in [0.25, 0.3) is 5.69 Å². The van der Waals surface area contributed by atoms with E-state index in [1.54, 1.807) is 37.6 Å². The number of rotatable bonds is 3. The number of carbonyl (C=O) groups is 1. The van der Waals surface area contributed by atoms with Crippen molar-refractivity contribution in [2.24, 2.45) is 5.73 Å². The Hall–Kier alpha value is -2.28. The number of anilines is 1. The second-order valence-corrected chi connectivity index (χ2v) is 4.86. The molecule has 1 heterocycles. The van der Waals surface area contributed by atoms with Crippen LogP contribution in [0, 0.1) is 6.92 Å². The predicted molar refractivity (Wildman–Crippen MR) is 70.8 cm³/mol. The number of nitrogens with zero attached hydrogens (tertiary/aromatic N) is 4. The fraction of sp³-hybridized carbons (Fsp3) is 0.333. The first-order valence-electron chi connectivity index (χ1n) is 5.83. The molecule has 2 aromatic rings. The molecule has 0 saturated heterocycles. The van der Waals surface area contributed by atoms with E-state index in [1.807, 2.05) is 12.1 Å². The van der Waals surface area contributed by atoms with Crippen molar-refractivity contribution in [3.63, 3.8) is 0 Å². The minimum Gasteiger partial charge on any atom is -0.324 e. The van der Waals surface area contributed by atoms with Crippen LogP contribution < -0.4 is 11.1 Å². The molecule has 1 amide bonds. The average Bonchev–Trinajstić information content (AvgIpc) is 2.74. The van der Waals surface area contributed by atoms with Gasteiger partial charge in [0.05, 0.1) is 11.2 Å². The minimum absolute atomic E-state index is 0.252. The topological polar surface area (TPSA) is 98.7 Å². The molecule has 0 fully saturated rings. The van der Waals surface area contributed by atoms with Crippen LogP contribution in [0.4, 0.5) is 5.69 Å². The molecule has 1 aromatic carbocycles. The molecule has 3 N–H and O–H groups in total. The summed E-state index contributed by atoms with van der Waals surface area (Å²) in [5.41, 5.74) is 6.23. The van der Waals surface area contributed by atoms with Gasteiger partial charge in [-0.25, -0.2) is 0 Å². The van der Waals surface area contributed by atoms with Gasteiger partial charge in [0.15, 0.2) is 5.82 Å². The fourth-order valence-electron chi connectivity index (χ4n) is 1.48. The lowest BCUT2D eigenvalue weighted by Crippen LogP contribution is -2.45. The van der Waals surface area contributed by atoms with Gasteiger partial charge in [-0.05, 0) is 49.4 Å². The molecule has 2 rings (SSSR count). The highest BCUT2D eigenvalue weighted by Gasteiger charge is 2.21. The second kappa shape index (κ2) is 4.77. The van der Waals surface area contributed by atoms with Gasteiger partial charge in [-0.2, -0.15) is 4.68 Å². The largest absolute Gasteiger partial charge is 0.324 e. The predicted octanol–water partition coefficient (Wildman–Crippen LogP) is 0.647. The van der Waals surface area contributed by atoms with Crippen LogP contribution in [0.15, 0.2) is 24.3 Å². The highest BCUT2D eigenvalue weighted by atomic mass is 16.2. The van der Waals surface area contributed by atoms with E-state index < -0.39 is 5.54 Å². The first kappa shape index (κ1) is 13.2. The monoisotopic (exact) mass is 260 g/mol. The molecule has 0 aliphatic heterocycles. The Kier molecular flexibility index (Phi) is 3.30. The first-order valence-corrected chi connectivity index (χ1v) is 5.83. The number of aryl methyl sites for hydroxylation is 1. The fourth-order valence-corrected chi connectivity index (χ4v) is 1.48. The van der Waals surface area contributed by atoms with Gasteiger partial charge in [0.25, 0.3) is 0 Å². The number of nitrogens with two attached hydrogens (primary N) is 1. The summed E-state index contributed by atoms with van der Waals surface area (Å²) in [6.45, 7) is 5.10. The van der Waals surface area contributed by atoms with Crippen molar-refractivity contribution in [1.82, 2.24) is 20.2 Å². The molecular formula is C12H16N6O. The maximum Gasteiger partial charge on any atom is 0.243 e. The molecule has 0 aliphatic rings. The molecular weight excluding hydrogens is 244 g/mol. The number of aromatic nitrogens is 4. The zero-order valence-electron chi connectivity index (χ0n) is 11.1. The molecule has 0 bridgehead atoms. The van der Waals surface area contributed by atoms with Crippen LogP contribution in [0.5, 0.6) is 0 Å². The summed E-state index contributed by atoms with van der Waals surface area (Å²) in [5, 5.41) is 14.0. The van der Waals surface area contributed by atoms with E-state index in [9.17, 15) is 4.79 Å². The highest BCUT2D eigenvalue weighted by molar-refractivity contribution is 5.97. The Morgan fingerprint density at radius 2 is 2.16 bits per heavy atom. The number of hydrogen-bond acceptors (Lipinski definition) is 5. The summed E-state index contributed by atoms with van der Waals surface area (Å²) in [5.74, 6) is 0.417. The van der Waals surface area contributed by atoms with Gasteiger partial charge in [-0.15, -0.1) is 5.10 Å². The lowest BCUT2D eigenvalue weighted by molar-refractivity contribution is -0.120. The van der Waals surface area contributed by atoms with Crippen LogP contribution in [0.2, 0.25) is 0 Å². The number of nitrogens with one attached hydrogen (secondary N) is 1.